The van der Waals surface area contributed by atoms with Crippen LogP contribution in [0.15, 0.2) is 29.8 Å². The van der Waals surface area contributed by atoms with E-state index < -0.39 is 0 Å². The van der Waals surface area contributed by atoms with E-state index in [4.69, 9.17) is 23.2 Å². The van der Waals surface area contributed by atoms with Gasteiger partial charge in [-0.1, -0.05) is 35.8 Å². The Hall–Kier alpha value is -0.990. The number of amides is 1. The van der Waals surface area contributed by atoms with Crippen molar-refractivity contribution >= 4 is 29.1 Å². The number of nitrogens with one attached hydrogen (secondary N) is 1. The van der Waals surface area contributed by atoms with Crippen LogP contribution in [0.2, 0.25) is 5.02 Å². The van der Waals surface area contributed by atoms with Crippen molar-refractivity contribution in [3.05, 3.63) is 46.0 Å². The third-order valence-electron chi connectivity index (χ3n) is 1.95. The molecule has 1 rings (SSSR count). The molecule has 1 aromatic carbocycles. The van der Waals surface area contributed by atoms with Crippen molar-refractivity contribution in [1.29, 1.82) is 0 Å². The van der Waals surface area contributed by atoms with Gasteiger partial charge in [-0.25, -0.2) is 0 Å². The monoisotopic (exact) mass is 243 g/mol. The summed E-state index contributed by atoms with van der Waals surface area (Å²) in [6, 6.07) is 5.20. The normalized spacial score (nSPS) is 9.80. The fraction of sp³-hybridized carbons (Fsp3) is 0.182. The summed E-state index contributed by atoms with van der Waals surface area (Å²) in [6.45, 7) is 5.54. The summed E-state index contributed by atoms with van der Waals surface area (Å²) in [6.07, 6.45) is 0. The summed E-state index contributed by atoms with van der Waals surface area (Å²) in [5.41, 5.74) is 1.32. The zero-order chi connectivity index (χ0) is 11.4. The van der Waals surface area contributed by atoms with Crippen molar-refractivity contribution in [3.63, 3.8) is 0 Å². The molecule has 0 saturated heterocycles. The highest BCUT2D eigenvalue weighted by atomic mass is 35.5. The summed E-state index contributed by atoms with van der Waals surface area (Å²) in [7, 11) is 0. The SMILES string of the molecule is C=C(Cl)CNC(=O)c1cccc(Cl)c1C. The largest absolute Gasteiger partial charge is 0.347 e. The van der Waals surface area contributed by atoms with Crippen LogP contribution >= 0.6 is 23.2 Å². The zero-order valence-electron chi connectivity index (χ0n) is 8.31. The van der Waals surface area contributed by atoms with Gasteiger partial charge in [0.2, 0.25) is 0 Å². The molecule has 0 aliphatic carbocycles. The highest BCUT2D eigenvalue weighted by molar-refractivity contribution is 6.32. The fourth-order valence-electron chi connectivity index (χ4n) is 1.12. The van der Waals surface area contributed by atoms with Crippen LogP contribution in [-0.2, 0) is 0 Å². The molecule has 0 bridgehead atoms. The Kier molecular flexibility index (Phi) is 4.18. The van der Waals surface area contributed by atoms with Gasteiger partial charge in [-0.2, -0.15) is 0 Å². The van der Waals surface area contributed by atoms with Crippen molar-refractivity contribution in [2.75, 3.05) is 6.54 Å². The van der Waals surface area contributed by atoms with Gasteiger partial charge in [0.05, 0.1) is 6.54 Å². The molecule has 0 unspecified atom stereocenters. The van der Waals surface area contributed by atoms with Crippen molar-refractivity contribution in [1.82, 2.24) is 5.32 Å². The molecule has 4 heteroatoms. The average Bonchev–Trinajstić information content (AvgIpc) is 2.18. The lowest BCUT2D eigenvalue weighted by Crippen LogP contribution is -2.25. The standard InChI is InChI=1S/C11H11Cl2NO/c1-7(12)6-14-11(15)9-4-3-5-10(13)8(9)2/h3-5H,1,6H2,2H3,(H,14,15). The maximum absolute atomic E-state index is 11.7. The Balaban J connectivity index is 2.82. The second kappa shape index (κ2) is 5.19. The third kappa shape index (κ3) is 3.26. The second-order valence-corrected chi connectivity index (χ2v) is 4.05. The van der Waals surface area contributed by atoms with E-state index in [0.717, 1.165) is 5.56 Å². The second-order valence-electron chi connectivity index (χ2n) is 3.11. The number of carbonyl (C=O) groups excluding carboxylic acids is 1. The molecule has 15 heavy (non-hydrogen) atoms. The number of halogens is 2. The molecule has 0 aliphatic rings. The Labute approximate surface area is 98.9 Å². The molecular formula is C11H11Cl2NO. The highest BCUT2D eigenvalue weighted by Crippen LogP contribution is 2.18. The quantitative estimate of drug-likeness (QED) is 0.869. The molecule has 80 valence electrons. The molecule has 0 spiro atoms. The first kappa shape index (κ1) is 12.1. The van der Waals surface area contributed by atoms with Crippen LogP contribution in [0.1, 0.15) is 15.9 Å². The molecule has 2 nitrogen and oxygen atoms in total. The number of carbonyl (C=O) groups is 1. The molecule has 0 radical (unpaired) electrons. The summed E-state index contributed by atoms with van der Waals surface area (Å²) >= 11 is 11.4. The number of rotatable bonds is 3. The van der Waals surface area contributed by atoms with Gasteiger partial charge in [0.1, 0.15) is 0 Å². The number of benzene rings is 1. The van der Waals surface area contributed by atoms with Crippen LogP contribution in [-0.4, -0.2) is 12.5 Å². The Morgan fingerprint density at radius 1 is 1.53 bits per heavy atom. The van der Waals surface area contributed by atoms with Gasteiger partial charge in [0, 0.05) is 15.6 Å². The Morgan fingerprint density at radius 2 is 2.20 bits per heavy atom. The minimum atomic E-state index is -0.197. The Bertz CT molecular complexity index is 402. The van der Waals surface area contributed by atoms with Gasteiger partial charge in [-0.3, -0.25) is 4.79 Å². The molecule has 1 N–H and O–H groups in total. The van der Waals surface area contributed by atoms with Gasteiger partial charge in [0.25, 0.3) is 5.91 Å². The summed E-state index contributed by atoms with van der Waals surface area (Å²) in [5.74, 6) is -0.197. The maximum Gasteiger partial charge on any atom is 0.251 e. The van der Waals surface area contributed by atoms with Crippen molar-refractivity contribution in [2.24, 2.45) is 0 Å². The minimum absolute atomic E-state index is 0.197. The van der Waals surface area contributed by atoms with Crippen LogP contribution in [0.5, 0.6) is 0 Å². The van der Waals surface area contributed by atoms with Crippen LogP contribution in [0.3, 0.4) is 0 Å². The van der Waals surface area contributed by atoms with Gasteiger partial charge >= 0.3 is 0 Å². The molecule has 1 amide bonds. The summed E-state index contributed by atoms with van der Waals surface area (Å²) < 4.78 is 0. The lowest BCUT2D eigenvalue weighted by Gasteiger charge is -2.07. The first-order valence-corrected chi connectivity index (χ1v) is 5.14. The predicted molar refractivity (Wildman–Crippen MR) is 63.5 cm³/mol. The van der Waals surface area contributed by atoms with Crippen LogP contribution < -0.4 is 5.32 Å². The molecule has 0 saturated carbocycles. The van der Waals surface area contributed by atoms with Crippen molar-refractivity contribution < 1.29 is 4.79 Å². The van der Waals surface area contributed by atoms with Gasteiger partial charge < -0.3 is 5.32 Å². The van der Waals surface area contributed by atoms with Gasteiger partial charge in [-0.05, 0) is 24.6 Å². The average molecular weight is 244 g/mol. The molecule has 0 aromatic heterocycles. The van der Waals surface area contributed by atoms with Crippen LogP contribution in [0.4, 0.5) is 0 Å². The molecule has 0 fully saturated rings. The summed E-state index contributed by atoms with van der Waals surface area (Å²) in [5, 5.41) is 3.61. The van der Waals surface area contributed by atoms with Gasteiger partial charge in [-0.15, -0.1) is 0 Å². The highest BCUT2D eigenvalue weighted by Gasteiger charge is 2.09. The maximum atomic E-state index is 11.7. The van der Waals surface area contributed by atoms with E-state index in [0.29, 0.717) is 15.6 Å². The van der Waals surface area contributed by atoms with E-state index in [9.17, 15) is 4.79 Å². The first-order valence-electron chi connectivity index (χ1n) is 4.39. The number of hydrogen-bond acceptors (Lipinski definition) is 1. The third-order valence-corrected chi connectivity index (χ3v) is 2.50. The predicted octanol–water partition coefficient (Wildman–Crippen LogP) is 3.13. The van der Waals surface area contributed by atoms with Crippen molar-refractivity contribution in [2.45, 2.75) is 6.92 Å². The van der Waals surface area contributed by atoms with Crippen LogP contribution in [0.25, 0.3) is 0 Å². The molecule has 1 aromatic rings. The van der Waals surface area contributed by atoms with E-state index >= 15 is 0 Å². The van der Waals surface area contributed by atoms with E-state index in [1.165, 1.54) is 0 Å². The van der Waals surface area contributed by atoms with E-state index in [1.807, 2.05) is 0 Å². The molecule has 0 atom stereocenters. The Morgan fingerprint density at radius 3 is 2.80 bits per heavy atom. The minimum Gasteiger partial charge on any atom is -0.347 e. The number of hydrogen-bond donors (Lipinski definition) is 1. The topological polar surface area (TPSA) is 29.1 Å². The zero-order valence-corrected chi connectivity index (χ0v) is 9.82. The first-order chi connectivity index (χ1) is 7.02. The smallest absolute Gasteiger partial charge is 0.251 e. The molecule has 0 heterocycles. The lowest BCUT2D eigenvalue weighted by atomic mass is 10.1. The lowest BCUT2D eigenvalue weighted by molar-refractivity contribution is 0.0957. The molecule has 0 aliphatic heterocycles. The van der Waals surface area contributed by atoms with E-state index in [-0.39, 0.29) is 12.5 Å². The summed E-state index contributed by atoms with van der Waals surface area (Å²) in [4.78, 5) is 11.7. The van der Waals surface area contributed by atoms with Gasteiger partial charge in [0.15, 0.2) is 0 Å². The van der Waals surface area contributed by atoms with Crippen molar-refractivity contribution in [3.8, 4) is 0 Å². The fourth-order valence-corrected chi connectivity index (χ4v) is 1.37. The van der Waals surface area contributed by atoms with E-state index in [2.05, 4.69) is 11.9 Å². The van der Waals surface area contributed by atoms with E-state index in [1.54, 1.807) is 25.1 Å². The molecular weight excluding hydrogens is 233 g/mol. The van der Waals surface area contributed by atoms with Crippen LogP contribution in [0, 0.1) is 6.92 Å².